The van der Waals surface area contributed by atoms with Crippen molar-refractivity contribution in [1.29, 1.82) is 0 Å². The van der Waals surface area contributed by atoms with Crippen LogP contribution in [0.25, 0.3) is 12.3 Å². The van der Waals surface area contributed by atoms with Crippen molar-refractivity contribution in [2.24, 2.45) is 0 Å². The minimum atomic E-state index is -0.537. The molecule has 0 fully saturated rings. The smallest absolute Gasteiger partial charge is 0.276 e. The Morgan fingerprint density at radius 1 is 1.35 bits per heavy atom. The summed E-state index contributed by atoms with van der Waals surface area (Å²) in [4.78, 5) is 26.9. The van der Waals surface area contributed by atoms with E-state index in [1.165, 1.54) is 0 Å². The van der Waals surface area contributed by atoms with E-state index < -0.39 is 11.3 Å². The molecule has 1 amide bonds. The molecular formula is C18H19ClN4O3. The van der Waals surface area contributed by atoms with Crippen LogP contribution in [0.3, 0.4) is 0 Å². The van der Waals surface area contributed by atoms with Gasteiger partial charge in [-0.2, -0.15) is 5.10 Å². The van der Waals surface area contributed by atoms with E-state index in [2.05, 4.69) is 15.5 Å². The second-order valence-electron chi connectivity index (χ2n) is 5.94. The van der Waals surface area contributed by atoms with Crippen molar-refractivity contribution in [3.63, 3.8) is 0 Å². The predicted octanol–water partition coefficient (Wildman–Crippen LogP) is -0.430. The van der Waals surface area contributed by atoms with Crippen molar-refractivity contribution in [2.75, 3.05) is 19.7 Å². The minimum Gasteiger partial charge on any atom is -0.396 e. The van der Waals surface area contributed by atoms with E-state index in [4.69, 9.17) is 16.7 Å². The van der Waals surface area contributed by atoms with Crippen LogP contribution in [0, 0.1) is 0 Å². The molecule has 0 spiro atoms. The number of halogens is 1. The number of benzene rings is 1. The molecule has 0 saturated carbocycles. The van der Waals surface area contributed by atoms with Gasteiger partial charge >= 0.3 is 0 Å². The molecule has 7 nitrogen and oxygen atoms in total. The number of aromatic nitrogens is 2. The fourth-order valence-corrected chi connectivity index (χ4v) is 2.78. The van der Waals surface area contributed by atoms with E-state index in [0.29, 0.717) is 35.1 Å². The first kappa shape index (κ1) is 18.2. The molecule has 136 valence electrons. The average Bonchev–Trinajstić information content (AvgIpc) is 2.66. The van der Waals surface area contributed by atoms with E-state index in [1.807, 2.05) is 11.0 Å². The molecule has 3 rings (SSSR count). The van der Waals surface area contributed by atoms with Gasteiger partial charge in [-0.25, -0.2) is 0 Å². The molecule has 0 aliphatic carbocycles. The maximum atomic E-state index is 12.6. The highest BCUT2D eigenvalue weighted by atomic mass is 35.5. The van der Waals surface area contributed by atoms with Crippen LogP contribution in [0.5, 0.6) is 0 Å². The molecule has 3 N–H and O–H groups in total. The van der Waals surface area contributed by atoms with Gasteiger partial charge in [0.15, 0.2) is 5.69 Å². The number of H-pyrrole nitrogens is 1. The zero-order valence-electron chi connectivity index (χ0n) is 14.0. The highest BCUT2D eigenvalue weighted by molar-refractivity contribution is 6.30. The summed E-state index contributed by atoms with van der Waals surface area (Å²) in [6, 6.07) is 7.07. The number of amides is 1. The van der Waals surface area contributed by atoms with Crippen LogP contribution in [-0.4, -0.2) is 45.8 Å². The number of aliphatic hydroxyl groups excluding tert-OH is 1. The zero-order chi connectivity index (χ0) is 18.5. The van der Waals surface area contributed by atoms with Crippen LogP contribution in [-0.2, 0) is 6.54 Å². The van der Waals surface area contributed by atoms with Gasteiger partial charge in [0.05, 0.1) is 10.6 Å². The van der Waals surface area contributed by atoms with E-state index in [9.17, 15) is 9.59 Å². The van der Waals surface area contributed by atoms with Gasteiger partial charge in [-0.15, -0.1) is 0 Å². The van der Waals surface area contributed by atoms with Crippen LogP contribution in [0.15, 0.2) is 29.1 Å². The molecular weight excluding hydrogens is 356 g/mol. The van der Waals surface area contributed by atoms with Crippen LogP contribution in [0.4, 0.5) is 0 Å². The Bertz CT molecular complexity index is 969. The first-order valence-corrected chi connectivity index (χ1v) is 8.64. The number of nitrogens with zero attached hydrogens (tertiary/aromatic N) is 2. The van der Waals surface area contributed by atoms with Gasteiger partial charge in [0, 0.05) is 37.5 Å². The molecule has 1 aliphatic rings. The van der Waals surface area contributed by atoms with Crippen molar-refractivity contribution in [3.8, 4) is 0 Å². The summed E-state index contributed by atoms with van der Waals surface area (Å²) in [5, 5.41) is 20.0. The molecule has 1 aromatic carbocycles. The minimum absolute atomic E-state index is 0.0856. The molecule has 0 saturated heterocycles. The highest BCUT2D eigenvalue weighted by Gasteiger charge is 2.15. The van der Waals surface area contributed by atoms with E-state index in [-0.39, 0.29) is 18.8 Å². The number of fused-ring (bicyclic) bond motifs is 1. The molecule has 2 aromatic rings. The first-order valence-electron chi connectivity index (χ1n) is 8.27. The Balaban J connectivity index is 1.80. The predicted molar refractivity (Wildman–Crippen MR) is 98.9 cm³/mol. The van der Waals surface area contributed by atoms with Gasteiger partial charge in [0.2, 0.25) is 5.43 Å². The maximum absolute atomic E-state index is 12.6. The number of aromatic amines is 1. The lowest BCUT2D eigenvalue weighted by atomic mass is 10.2. The Morgan fingerprint density at radius 3 is 2.85 bits per heavy atom. The van der Waals surface area contributed by atoms with Gasteiger partial charge < -0.3 is 15.3 Å². The van der Waals surface area contributed by atoms with Crippen molar-refractivity contribution < 1.29 is 9.90 Å². The summed E-state index contributed by atoms with van der Waals surface area (Å²) in [5.41, 5.74) is 0.274. The van der Waals surface area contributed by atoms with Gasteiger partial charge in [-0.1, -0.05) is 23.7 Å². The van der Waals surface area contributed by atoms with E-state index in [0.717, 1.165) is 5.56 Å². The van der Waals surface area contributed by atoms with E-state index >= 15 is 0 Å². The fraction of sp³-hybridized carbons (Fsp3) is 0.278. The Kier molecular flexibility index (Phi) is 5.70. The number of hydrogen-bond acceptors (Lipinski definition) is 5. The van der Waals surface area contributed by atoms with Crippen molar-refractivity contribution in [3.05, 3.63) is 61.3 Å². The Labute approximate surface area is 154 Å². The van der Waals surface area contributed by atoms with Crippen LogP contribution in [0.2, 0.25) is 5.02 Å². The molecule has 0 radical (unpaired) electrons. The highest BCUT2D eigenvalue weighted by Crippen LogP contribution is 2.09. The zero-order valence-corrected chi connectivity index (χ0v) is 14.8. The Morgan fingerprint density at radius 2 is 2.12 bits per heavy atom. The maximum Gasteiger partial charge on any atom is 0.276 e. The number of nitrogens with one attached hydrogen (secondary N) is 2. The summed E-state index contributed by atoms with van der Waals surface area (Å²) in [5.74, 6) is -0.537. The molecule has 1 aromatic heterocycles. The van der Waals surface area contributed by atoms with Gasteiger partial charge in [0.1, 0.15) is 0 Å². The molecule has 8 heteroatoms. The average molecular weight is 375 g/mol. The topological polar surface area (TPSA) is 98.3 Å². The summed E-state index contributed by atoms with van der Waals surface area (Å²) in [6.45, 7) is 1.61. The third-order valence-corrected chi connectivity index (χ3v) is 4.32. The van der Waals surface area contributed by atoms with Crippen molar-refractivity contribution in [2.45, 2.75) is 13.0 Å². The summed E-state index contributed by atoms with van der Waals surface area (Å²) < 4.78 is 0. The third kappa shape index (κ3) is 4.12. The molecule has 0 unspecified atom stereocenters. The molecule has 0 bridgehead atoms. The number of hydrogen-bond donors (Lipinski definition) is 3. The first-order chi connectivity index (χ1) is 12.6. The second-order valence-corrected chi connectivity index (χ2v) is 6.38. The monoisotopic (exact) mass is 374 g/mol. The lowest BCUT2D eigenvalue weighted by Gasteiger charge is -2.20. The van der Waals surface area contributed by atoms with Gasteiger partial charge in [0.25, 0.3) is 5.91 Å². The second kappa shape index (κ2) is 8.16. The summed E-state index contributed by atoms with van der Waals surface area (Å²) in [6.07, 6.45) is 4.16. The number of carbonyl (C=O) groups excluding carboxylic acids is 1. The third-order valence-electron chi connectivity index (χ3n) is 4.06. The molecule has 1 aliphatic heterocycles. The Hall–Kier alpha value is -2.64. The number of carbonyl (C=O) groups is 1. The quantitative estimate of drug-likeness (QED) is 0.637. The molecule has 0 atom stereocenters. The molecule has 26 heavy (non-hydrogen) atoms. The number of rotatable bonds is 6. The normalized spacial score (nSPS) is 12.8. The lowest BCUT2D eigenvalue weighted by molar-refractivity contribution is 0.0943. The van der Waals surface area contributed by atoms with Crippen LogP contribution >= 0.6 is 11.6 Å². The largest absolute Gasteiger partial charge is 0.396 e. The van der Waals surface area contributed by atoms with Crippen LogP contribution < -0.4 is 21.3 Å². The number of aliphatic hydroxyl groups is 1. The van der Waals surface area contributed by atoms with Gasteiger partial charge in [-0.3, -0.25) is 14.7 Å². The summed E-state index contributed by atoms with van der Waals surface area (Å²) in [7, 11) is 0. The summed E-state index contributed by atoms with van der Waals surface area (Å²) >= 11 is 5.83. The fourth-order valence-electron chi connectivity index (χ4n) is 2.66. The SMILES string of the molecule is O=C(NCc1ccc(Cl)cc1)c1n[nH]c2c(c1=O)=CN(CCCO)CC=2. The van der Waals surface area contributed by atoms with Crippen molar-refractivity contribution >= 4 is 29.8 Å². The lowest BCUT2D eigenvalue weighted by Crippen LogP contribution is -2.50. The van der Waals surface area contributed by atoms with E-state index in [1.54, 1.807) is 30.5 Å². The van der Waals surface area contributed by atoms with Crippen molar-refractivity contribution in [1.82, 2.24) is 20.4 Å². The molecule has 2 heterocycles. The standard InChI is InChI=1S/C18H19ClN4O3/c19-13-4-2-12(3-5-13)10-20-18(26)16-17(25)14-11-23(7-1-9-24)8-6-15(14)21-22-16/h2-6,11,21,24H,1,7-10H2,(H,20,26). The van der Waals surface area contributed by atoms with Crippen LogP contribution in [0.1, 0.15) is 22.5 Å². The van der Waals surface area contributed by atoms with Gasteiger partial charge in [-0.05, 0) is 30.2 Å².